The highest BCUT2D eigenvalue weighted by Gasteiger charge is 2.50. The van der Waals surface area contributed by atoms with E-state index in [0.29, 0.717) is 23.1 Å². The van der Waals surface area contributed by atoms with Gasteiger partial charge in [0.1, 0.15) is 5.75 Å². The van der Waals surface area contributed by atoms with E-state index >= 15 is 0 Å². The molecular formula is C18H28ClNO. The summed E-state index contributed by atoms with van der Waals surface area (Å²) in [7, 11) is 4.44. The van der Waals surface area contributed by atoms with Gasteiger partial charge in [0, 0.05) is 12.0 Å². The summed E-state index contributed by atoms with van der Waals surface area (Å²) >= 11 is 0. The zero-order valence-electron chi connectivity index (χ0n) is 13.6. The van der Waals surface area contributed by atoms with Gasteiger partial charge in [0.25, 0.3) is 0 Å². The molecule has 3 rings (SSSR count). The average Bonchev–Trinajstić information content (AvgIpc) is 2.62. The van der Waals surface area contributed by atoms with Gasteiger partial charge in [0.15, 0.2) is 0 Å². The lowest BCUT2D eigenvalue weighted by atomic mass is 9.65. The van der Waals surface area contributed by atoms with Gasteiger partial charge in [-0.2, -0.15) is 0 Å². The van der Waals surface area contributed by atoms with Crippen molar-refractivity contribution in [2.45, 2.75) is 51.5 Å². The Kier molecular flexibility index (Phi) is 4.60. The van der Waals surface area contributed by atoms with Crippen molar-refractivity contribution in [2.75, 3.05) is 14.1 Å². The molecule has 0 saturated heterocycles. The fourth-order valence-electron chi connectivity index (χ4n) is 5.15. The van der Waals surface area contributed by atoms with Gasteiger partial charge in [-0.3, -0.25) is 0 Å². The van der Waals surface area contributed by atoms with E-state index in [-0.39, 0.29) is 12.4 Å². The SMILES string of the molecule is Cc1cc(O)cc(C2CC3CCC(C)(C3)C2N(C)C)c1.Cl. The third kappa shape index (κ3) is 2.93. The maximum absolute atomic E-state index is 9.95. The number of aromatic hydroxyl groups is 1. The lowest BCUT2D eigenvalue weighted by Gasteiger charge is -2.47. The highest BCUT2D eigenvalue weighted by atomic mass is 35.5. The Balaban J connectivity index is 0.00000161. The number of halogens is 1. The molecule has 0 amide bonds. The minimum absolute atomic E-state index is 0. The number of phenolic OH excluding ortho intramolecular Hbond substituents is 1. The zero-order valence-corrected chi connectivity index (χ0v) is 14.4. The van der Waals surface area contributed by atoms with Crippen molar-refractivity contribution in [3.63, 3.8) is 0 Å². The van der Waals surface area contributed by atoms with Crippen molar-refractivity contribution < 1.29 is 5.11 Å². The second-order valence-electron chi connectivity index (χ2n) is 7.62. The molecule has 0 aliphatic heterocycles. The third-order valence-corrected chi connectivity index (χ3v) is 5.63. The van der Waals surface area contributed by atoms with E-state index in [2.05, 4.69) is 38.9 Å². The highest BCUT2D eigenvalue weighted by molar-refractivity contribution is 5.85. The molecule has 2 aliphatic carbocycles. The van der Waals surface area contributed by atoms with Crippen LogP contribution < -0.4 is 0 Å². The number of nitrogens with zero attached hydrogens (tertiary/aromatic N) is 1. The molecule has 2 fully saturated rings. The van der Waals surface area contributed by atoms with Crippen LogP contribution in [0.5, 0.6) is 5.75 Å². The van der Waals surface area contributed by atoms with Crippen LogP contribution in [0.15, 0.2) is 18.2 Å². The van der Waals surface area contributed by atoms with Crippen LogP contribution in [-0.4, -0.2) is 30.1 Å². The lowest BCUT2D eigenvalue weighted by molar-refractivity contribution is 0.0630. The number of hydrogen-bond acceptors (Lipinski definition) is 2. The number of hydrogen-bond donors (Lipinski definition) is 1. The van der Waals surface area contributed by atoms with Gasteiger partial charge in [-0.25, -0.2) is 0 Å². The highest BCUT2D eigenvalue weighted by Crippen LogP contribution is 2.57. The average molecular weight is 310 g/mol. The molecule has 3 heteroatoms. The van der Waals surface area contributed by atoms with Crippen LogP contribution in [0.4, 0.5) is 0 Å². The summed E-state index contributed by atoms with van der Waals surface area (Å²) in [6.07, 6.45) is 5.40. The van der Waals surface area contributed by atoms with Crippen molar-refractivity contribution in [1.82, 2.24) is 4.90 Å². The summed E-state index contributed by atoms with van der Waals surface area (Å²) < 4.78 is 0. The molecule has 1 N–H and O–H groups in total. The molecular weight excluding hydrogens is 282 g/mol. The van der Waals surface area contributed by atoms with E-state index in [0.717, 1.165) is 5.92 Å². The first-order valence-corrected chi connectivity index (χ1v) is 7.86. The normalized spacial score (nSPS) is 34.8. The summed E-state index contributed by atoms with van der Waals surface area (Å²) in [5.41, 5.74) is 2.94. The summed E-state index contributed by atoms with van der Waals surface area (Å²) in [6.45, 7) is 4.55. The molecule has 118 valence electrons. The van der Waals surface area contributed by atoms with Crippen LogP contribution in [-0.2, 0) is 0 Å². The lowest BCUT2D eigenvalue weighted by Crippen LogP contribution is -2.48. The number of benzene rings is 1. The fourth-order valence-corrected chi connectivity index (χ4v) is 5.15. The molecule has 1 aromatic carbocycles. The van der Waals surface area contributed by atoms with Gasteiger partial charge < -0.3 is 10.0 Å². The van der Waals surface area contributed by atoms with Crippen molar-refractivity contribution in [3.05, 3.63) is 29.3 Å². The van der Waals surface area contributed by atoms with E-state index < -0.39 is 0 Å². The van der Waals surface area contributed by atoms with E-state index in [1.807, 2.05) is 12.1 Å². The second-order valence-corrected chi connectivity index (χ2v) is 7.62. The van der Waals surface area contributed by atoms with Crippen molar-refractivity contribution in [2.24, 2.45) is 11.3 Å². The molecule has 0 spiro atoms. The Morgan fingerprint density at radius 3 is 2.57 bits per heavy atom. The largest absolute Gasteiger partial charge is 0.508 e. The van der Waals surface area contributed by atoms with E-state index in [1.54, 1.807) is 0 Å². The quantitative estimate of drug-likeness (QED) is 0.878. The predicted octanol–water partition coefficient (Wildman–Crippen LogP) is 4.35. The molecule has 2 nitrogen and oxygen atoms in total. The zero-order chi connectivity index (χ0) is 14.5. The minimum Gasteiger partial charge on any atom is -0.508 e. The summed E-state index contributed by atoms with van der Waals surface area (Å²) in [4.78, 5) is 2.42. The molecule has 0 heterocycles. The van der Waals surface area contributed by atoms with Crippen molar-refractivity contribution in [1.29, 1.82) is 0 Å². The molecule has 1 aromatic rings. The molecule has 4 atom stereocenters. The first-order chi connectivity index (χ1) is 9.39. The van der Waals surface area contributed by atoms with Gasteiger partial charge in [-0.05, 0) is 81.3 Å². The van der Waals surface area contributed by atoms with Crippen LogP contribution in [0.3, 0.4) is 0 Å². The van der Waals surface area contributed by atoms with Gasteiger partial charge in [-0.15, -0.1) is 12.4 Å². The summed E-state index contributed by atoms with van der Waals surface area (Å²) in [6, 6.07) is 6.70. The summed E-state index contributed by atoms with van der Waals surface area (Å²) in [5.74, 6) is 1.85. The topological polar surface area (TPSA) is 23.5 Å². The van der Waals surface area contributed by atoms with Gasteiger partial charge in [0.05, 0.1) is 0 Å². The number of likely N-dealkylation sites (N-methyl/N-ethyl adjacent to an activating group) is 1. The number of aryl methyl sites for hydroxylation is 1. The Morgan fingerprint density at radius 2 is 1.95 bits per heavy atom. The van der Waals surface area contributed by atoms with Gasteiger partial charge in [0.2, 0.25) is 0 Å². The van der Waals surface area contributed by atoms with Crippen LogP contribution in [0.25, 0.3) is 0 Å². The van der Waals surface area contributed by atoms with Gasteiger partial charge >= 0.3 is 0 Å². The van der Waals surface area contributed by atoms with Crippen LogP contribution in [0, 0.1) is 18.3 Å². The summed E-state index contributed by atoms with van der Waals surface area (Å²) in [5, 5.41) is 9.95. The molecule has 2 aliphatic rings. The molecule has 2 saturated carbocycles. The number of phenols is 1. The molecule has 2 bridgehead atoms. The molecule has 0 aromatic heterocycles. The van der Waals surface area contributed by atoms with E-state index in [4.69, 9.17) is 0 Å². The fraction of sp³-hybridized carbons (Fsp3) is 0.667. The second kappa shape index (κ2) is 5.81. The first-order valence-electron chi connectivity index (χ1n) is 7.86. The number of fused-ring (bicyclic) bond motifs is 2. The maximum atomic E-state index is 9.95. The van der Waals surface area contributed by atoms with Crippen LogP contribution in [0.1, 0.15) is 49.7 Å². The molecule has 0 radical (unpaired) electrons. The van der Waals surface area contributed by atoms with Crippen LogP contribution >= 0.6 is 12.4 Å². The Labute approximate surface area is 135 Å². The first kappa shape index (κ1) is 16.6. The van der Waals surface area contributed by atoms with Gasteiger partial charge in [-0.1, -0.05) is 13.0 Å². The predicted molar refractivity (Wildman–Crippen MR) is 90.4 cm³/mol. The smallest absolute Gasteiger partial charge is 0.116 e. The van der Waals surface area contributed by atoms with Crippen molar-refractivity contribution >= 4 is 12.4 Å². The third-order valence-electron chi connectivity index (χ3n) is 5.63. The Morgan fingerprint density at radius 1 is 1.24 bits per heavy atom. The molecule has 4 unspecified atom stereocenters. The molecule has 21 heavy (non-hydrogen) atoms. The standard InChI is InChI=1S/C18H27NO.ClH/c1-12-7-14(10-15(20)8-12)16-9-13-5-6-18(2,11-13)17(16)19(3)4;/h7-8,10,13,16-17,20H,5-6,9,11H2,1-4H3;1H. The maximum Gasteiger partial charge on any atom is 0.116 e. The van der Waals surface area contributed by atoms with E-state index in [9.17, 15) is 5.11 Å². The monoisotopic (exact) mass is 309 g/mol. The minimum atomic E-state index is 0. The Bertz CT molecular complexity index is 496. The van der Waals surface area contributed by atoms with Crippen molar-refractivity contribution in [3.8, 4) is 5.75 Å². The number of rotatable bonds is 2. The van der Waals surface area contributed by atoms with Crippen LogP contribution in [0.2, 0.25) is 0 Å². The Hall–Kier alpha value is -0.730. The van der Waals surface area contributed by atoms with E-state index in [1.165, 1.54) is 36.8 Å².